The van der Waals surface area contributed by atoms with Crippen LogP contribution in [0.4, 0.5) is 22.0 Å². The lowest BCUT2D eigenvalue weighted by Gasteiger charge is -2.20. The monoisotopic (exact) mass is 475 g/mol. The Morgan fingerprint density at radius 1 is 1.10 bits per heavy atom. The summed E-state index contributed by atoms with van der Waals surface area (Å²) >= 11 is 5.36. The average Bonchev–Trinajstić information content (AvgIpc) is 2.60. The Hall–Kier alpha value is -2.63. The third kappa shape index (κ3) is 5.17. The van der Waals surface area contributed by atoms with E-state index in [1.807, 2.05) is 0 Å². The number of hydrogen-bond acceptors (Lipinski definition) is 4. The molecule has 0 spiro atoms. The fourth-order valence-corrected chi connectivity index (χ4v) is 4.15. The third-order valence-electron chi connectivity index (χ3n) is 4.47. The van der Waals surface area contributed by atoms with E-state index in [0.29, 0.717) is 16.0 Å². The highest BCUT2D eigenvalue weighted by molar-refractivity contribution is 7.89. The summed E-state index contributed by atoms with van der Waals surface area (Å²) in [4.78, 5) is -0.883. The second-order valence-corrected chi connectivity index (χ2v) is 8.70. The highest BCUT2D eigenvalue weighted by Crippen LogP contribution is 2.34. The summed E-state index contributed by atoms with van der Waals surface area (Å²) < 4.78 is 92.1. The van der Waals surface area contributed by atoms with E-state index in [1.165, 1.54) is 37.3 Å². The smallest absolute Gasteiger partial charge is 0.406 e. The molecule has 0 saturated carbocycles. The van der Waals surface area contributed by atoms with Crippen molar-refractivity contribution in [2.45, 2.75) is 24.1 Å². The van der Waals surface area contributed by atoms with Crippen molar-refractivity contribution in [1.82, 2.24) is 0 Å². The van der Waals surface area contributed by atoms with Crippen molar-refractivity contribution in [3.05, 3.63) is 76.9 Å². The van der Waals surface area contributed by atoms with Gasteiger partial charge in [0.2, 0.25) is 10.0 Å². The molecule has 1 unspecified atom stereocenters. The lowest BCUT2D eigenvalue weighted by molar-refractivity contribution is -0.274. The van der Waals surface area contributed by atoms with Crippen LogP contribution in [0.15, 0.2) is 53.5 Å². The maximum atomic E-state index is 14.1. The summed E-state index contributed by atoms with van der Waals surface area (Å²) in [5, 5.41) is 4.82. The number of primary sulfonamides is 1. The van der Waals surface area contributed by atoms with Crippen LogP contribution in [0, 0.1) is 18.6 Å². The molecule has 11 heteroatoms. The van der Waals surface area contributed by atoms with E-state index in [-0.39, 0.29) is 16.9 Å². The van der Waals surface area contributed by atoms with Crippen LogP contribution >= 0.6 is 12.2 Å². The van der Waals surface area contributed by atoms with E-state index in [9.17, 15) is 30.4 Å². The molecule has 2 aromatic rings. The van der Waals surface area contributed by atoms with Gasteiger partial charge in [-0.1, -0.05) is 36.5 Å². The summed E-state index contributed by atoms with van der Waals surface area (Å²) in [6.45, 7) is 1.46. The number of sulfonamides is 1. The Balaban J connectivity index is 1.89. The number of nitrogens with two attached hydrogens (primary N) is 1. The molecule has 164 valence electrons. The minimum atomic E-state index is -4.81. The van der Waals surface area contributed by atoms with Crippen molar-refractivity contribution in [3.63, 3.8) is 0 Å². The van der Waals surface area contributed by atoms with Crippen LogP contribution in [0.5, 0.6) is 5.75 Å². The molecule has 2 N–H and O–H groups in total. The van der Waals surface area contributed by atoms with Gasteiger partial charge in [-0.2, -0.15) is 0 Å². The van der Waals surface area contributed by atoms with Crippen LogP contribution in [-0.4, -0.2) is 19.6 Å². The number of allylic oxidation sites excluding steroid dienone is 4. The predicted octanol–water partition coefficient (Wildman–Crippen LogP) is 4.93. The number of hydrogen-bond donors (Lipinski definition) is 1. The van der Waals surface area contributed by atoms with Crippen molar-refractivity contribution in [2.75, 3.05) is 0 Å². The van der Waals surface area contributed by atoms with Gasteiger partial charge >= 0.3 is 6.36 Å². The number of halogens is 5. The van der Waals surface area contributed by atoms with Gasteiger partial charge in [0.05, 0.1) is 0 Å². The van der Waals surface area contributed by atoms with Crippen LogP contribution in [0.1, 0.15) is 22.6 Å². The Kier molecular flexibility index (Phi) is 6.05. The number of alkyl halides is 3. The van der Waals surface area contributed by atoms with Crippen molar-refractivity contribution >= 4 is 32.7 Å². The molecule has 31 heavy (non-hydrogen) atoms. The summed E-state index contributed by atoms with van der Waals surface area (Å²) in [5.41, 5.74) is 1.23. The minimum absolute atomic E-state index is 0.0459. The highest BCUT2D eigenvalue weighted by atomic mass is 32.2. The molecule has 0 fully saturated rings. The number of benzene rings is 2. The third-order valence-corrected chi connectivity index (χ3v) is 5.80. The maximum Gasteiger partial charge on any atom is 0.573 e. The predicted molar refractivity (Wildman–Crippen MR) is 108 cm³/mol. The van der Waals surface area contributed by atoms with Gasteiger partial charge < -0.3 is 4.74 Å². The molecule has 1 atom stereocenters. The summed E-state index contributed by atoms with van der Waals surface area (Å²) in [7, 11) is -4.58. The lowest BCUT2D eigenvalue weighted by atomic mass is 9.87. The minimum Gasteiger partial charge on any atom is -0.406 e. The van der Waals surface area contributed by atoms with Gasteiger partial charge in [0, 0.05) is 10.8 Å². The number of ether oxygens (including phenoxy) is 1. The van der Waals surface area contributed by atoms with Crippen LogP contribution in [0.25, 0.3) is 5.57 Å². The first kappa shape index (κ1) is 23.0. The molecular weight excluding hydrogens is 461 g/mol. The quantitative estimate of drug-likeness (QED) is 0.503. The normalized spacial score (nSPS) is 16.9. The number of rotatable bonds is 4. The van der Waals surface area contributed by atoms with E-state index in [0.717, 1.165) is 12.1 Å². The zero-order valence-corrected chi connectivity index (χ0v) is 17.3. The van der Waals surface area contributed by atoms with Crippen LogP contribution in [0.3, 0.4) is 0 Å². The van der Waals surface area contributed by atoms with Gasteiger partial charge in [-0.3, -0.25) is 0 Å². The zero-order chi connectivity index (χ0) is 23.1. The molecule has 2 aromatic carbocycles. The molecule has 0 radical (unpaired) electrons. The van der Waals surface area contributed by atoms with Crippen LogP contribution in [0.2, 0.25) is 0 Å². The van der Waals surface area contributed by atoms with E-state index >= 15 is 0 Å². The first-order valence-corrected chi connectivity index (χ1v) is 10.5. The maximum absolute atomic E-state index is 14.1. The Morgan fingerprint density at radius 2 is 1.71 bits per heavy atom. The molecule has 4 nitrogen and oxygen atoms in total. The molecule has 0 heterocycles. The first-order chi connectivity index (χ1) is 14.3. The van der Waals surface area contributed by atoms with Crippen molar-refractivity contribution < 1.29 is 35.1 Å². The number of aryl methyl sites for hydroxylation is 1. The van der Waals surface area contributed by atoms with Crippen molar-refractivity contribution in [3.8, 4) is 5.75 Å². The number of thiocarbonyl (C=S) groups is 1. The van der Waals surface area contributed by atoms with Crippen molar-refractivity contribution in [2.24, 2.45) is 5.14 Å². The Bertz CT molecular complexity index is 1210. The van der Waals surface area contributed by atoms with Gasteiger partial charge in [-0.15, -0.1) is 13.2 Å². The van der Waals surface area contributed by atoms with Crippen molar-refractivity contribution in [1.29, 1.82) is 0 Å². The van der Waals surface area contributed by atoms with Crippen LogP contribution < -0.4 is 9.88 Å². The van der Waals surface area contributed by atoms with E-state index in [1.54, 1.807) is 6.08 Å². The van der Waals surface area contributed by atoms with Crippen LogP contribution in [-0.2, 0) is 10.0 Å². The van der Waals surface area contributed by atoms with Gasteiger partial charge in [-0.25, -0.2) is 22.3 Å². The SMILES string of the molecule is Cc1cc(C2C=CC(c3cc(F)c(S(N)(=O)=O)c(F)c3)=CC2=S)ccc1OC(F)(F)F. The van der Waals surface area contributed by atoms with E-state index in [2.05, 4.69) is 4.74 Å². The summed E-state index contributed by atoms with van der Waals surface area (Å²) in [6, 6.07) is 5.78. The molecule has 0 saturated heterocycles. The topological polar surface area (TPSA) is 69.4 Å². The van der Waals surface area contributed by atoms with Gasteiger partial charge in [0.25, 0.3) is 0 Å². The molecule has 0 aromatic heterocycles. The summed E-state index contributed by atoms with van der Waals surface area (Å²) in [6.07, 6.45) is -0.186. The molecule has 3 rings (SSSR count). The highest BCUT2D eigenvalue weighted by Gasteiger charge is 2.32. The van der Waals surface area contributed by atoms with Gasteiger partial charge in [0.1, 0.15) is 17.4 Å². The van der Waals surface area contributed by atoms with Gasteiger partial charge in [-0.05, 0) is 53.5 Å². The first-order valence-electron chi connectivity index (χ1n) is 8.58. The molecule has 1 aliphatic rings. The second kappa shape index (κ2) is 8.13. The molecule has 0 aliphatic heterocycles. The molecule has 0 amide bonds. The standard InChI is InChI=1S/C20H14F5NO3S2/c1-10-6-12(3-5-17(10)29-20(23,24)25)14-4-2-11(9-18(14)30)13-7-15(21)19(16(22)8-13)31(26,27)28/h2-9,14H,1H3,(H2,26,27,28). The lowest BCUT2D eigenvalue weighted by Crippen LogP contribution is -2.18. The summed E-state index contributed by atoms with van der Waals surface area (Å²) in [5.74, 6) is -3.47. The fourth-order valence-electron chi connectivity index (χ4n) is 3.14. The van der Waals surface area contributed by atoms with E-state index in [4.69, 9.17) is 17.4 Å². The van der Waals surface area contributed by atoms with Gasteiger partial charge in [0.15, 0.2) is 4.90 Å². The second-order valence-electron chi connectivity index (χ2n) is 6.73. The largest absolute Gasteiger partial charge is 0.573 e. The molecule has 1 aliphatic carbocycles. The fraction of sp³-hybridized carbons (Fsp3) is 0.150. The molecular formula is C20H14F5NO3S2. The molecule has 0 bridgehead atoms. The average molecular weight is 475 g/mol. The Labute approximate surface area is 179 Å². The van der Waals surface area contributed by atoms with E-state index < -0.39 is 38.8 Å². The zero-order valence-electron chi connectivity index (χ0n) is 15.7. The Morgan fingerprint density at radius 3 is 2.19 bits per heavy atom.